The molecule has 0 fully saturated rings. The summed E-state index contributed by atoms with van der Waals surface area (Å²) in [6, 6.07) is 0. The molecule has 0 aromatic heterocycles. The van der Waals surface area contributed by atoms with Gasteiger partial charge in [-0.1, -0.05) is 203 Å². The van der Waals surface area contributed by atoms with E-state index in [0.717, 1.165) is 89.9 Å². The zero-order valence-corrected chi connectivity index (χ0v) is 43.9. The first-order valence-electron chi connectivity index (χ1n) is 26.8. The molecule has 0 saturated heterocycles. The third-order valence-corrected chi connectivity index (χ3v) is 12.1. The molecule has 0 amide bonds. The highest BCUT2D eigenvalue weighted by Crippen LogP contribution is 2.43. The number of carbonyl (C=O) groups is 3. The Morgan fingerprint density at radius 2 is 0.794 bits per heavy atom. The van der Waals surface area contributed by atoms with E-state index in [-0.39, 0.29) is 25.9 Å². The maximum absolute atomic E-state index is 12.8. The Labute approximate surface area is 414 Å². The Hall–Kier alpha value is -3.08. The van der Waals surface area contributed by atoms with Crippen LogP contribution < -0.4 is 0 Å². The number of aliphatic hydroxyl groups is 1. The molecular formula is C56H97O11P. The molecule has 3 unspecified atom stereocenters. The highest BCUT2D eigenvalue weighted by Gasteiger charge is 2.28. The first kappa shape index (κ1) is 64.9. The van der Waals surface area contributed by atoms with E-state index in [1.807, 2.05) is 12.2 Å². The van der Waals surface area contributed by atoms with E-state index in [4.69, 9.17) is 23.3 Å². The van der Waals surface area contributed by atoms with Gasteiger partial charge in [-0.25, -0.2) is 4.57 Å². The summed E-state index contributed by atoms with van der Waals surface area (Å²) < 4.78 is 39.3. The average molecular weight is 977 g/mol. The van der Waals surface area contributed by atoms with Crippen LogP contribution in [-0.2, 0) is 42.2 Å². The summed E-state index contributed by atoms with van der Waals surface area (Å²) >= 11 is 0. The number of carbonyl (C=O) groups excluding carboxylic acids is 3. The Bertz CT molecular complexity index is 1420. The van der Waals surface area contributed by atoms with Crippen molar-refractivity contribution in [2.24, 2.45) is 0 Å². The number of phosphoric acid groups is 1. The largest absolute Gasteiger partial charge is 0.472 e. The van der Waals surface area contributed by atoms with Crippen LogP contribution in [0.3, 0.4) is 0 Å². The van der Waals surface area contributed by atoms with Crippen LogP contribution in [0.2, 0.25) is 0 Å². The first-order valence-corrected chi connectivity index (χ1v) is 28.3. The van der Waals surface area contributed by atoms with Crippen molar-refractivity contribution in [1.29, 1.82) is 0 Å². The summed E-state index contributed by atoms with van der Waals surface area (Å²) in [6.45, 7) is 4.40. The van der Waals surface area contributed by atoms with E-state index in [1.165, 1.54) is 77.0 Å². The molecule has 0 bridgehead atoms. The van der Waals surface area contributed by atoms with Crippen LogP contribution >= 0.6 is 7.82 Å². The number of allylic oxidation sites excluding steroid dienone is 12. The van der Waals surface area contributed by atoms with Gasteiger partial charge < -0.3 is 24.2 Å². The molecular weight excluding hydrogens is 880 g/mol. The van der Waals surface area contributed by atoms with Crippen LogP contribution in [0, 0.1) is 0 Å². The topological polar surface area (TPSA) is 155 Å². The molecule has 0 radical (unpaired) electrons. The Balaban J connectivity index is 4.81. The maximum Gasteiger partial charge on any atom is 0.472 e. The summed E-state index contributed by atoms with van der Waals surface area (Å²) in [4.78, 5) is 48.3. The van der Waals surface area contributed by atoms with Gasteiger partial charge >= 0.3 is 25.7 Å². The summed E-state index contributed by atoms with van der Waals surface area (Å²) in [7, 11) is -4.76. The van der Waals surface area contributed by atoms with Crippen molar-refractivity contribution in [1.82, 2.24) is 0 Å². The predicted octanol–water partition coefficient (Wildman–Crippen LogP) is 15.4. The van der Waals surface area contributed by atoms with Gasteiger partial charge in [-0.3, -0.25) is 23.4 Å². The molecule has 0 rings (SSSR count). The van der Waals surface area contributed by atoms with Crippen molar-refractivity contribution < 1.29 is 52.2 Å². The second-order valence-corrected chi connectivity index (χ2v) is 19.1. The van der Waals surface area contributed by atoms with E-state index in [2.05, 4.69) is 81.5 Å². The van der Waals surface area contributed by atoms with Crippen LogP contribution in [0.4, 0.5) is 0 Å². The lowest BCUT2D eigenvalue weighted by molar-refractivity contribution is -0.161. The summed E-state index contributed by atoms with van der Waals surface area (Å²) in [5.74, 6) is -1.58. The van der Waals surface area contributed by atoms with E-state index in [1.54, 1.807) is 0 Å². The average Bonchev–Trinajstić information content (AvgIpc) is 3.32. The SMILES string of the molecule is CC/C=C\C/C=C\C/C=C\C/C=C\CCC(=O)OC(COC(=O)CCCCCCC/C=C\C/C=C\CCCCC)COP(=O)(O)OCC(CO)OC(=O)CCCCCCCCCCCCCCC. The molecule has 0 aliphatic carbocycles. The molecule has 68 heavy (non-hydrogen) atoms. The van der Waals surface area contributed by atoms with Crippen LogP contribution in [0.5, 0.6) is 0 Å². The number of phosphoric ester groups is 1. The lowest BCUT2D eigenvalue weighted by atomic mass is 10.0. The minimum atomic E-state index is -4.76. The van der Waals surface area contributed by atoms with Crippen molar-refractivity contribution >= 4 is 25.7 Å². The fourth-order valence-corrected chi connectivity index (χ4v) is 7.83. The van der Waals surface area contributed by atoms with Gasteiger partial charge in [0, 0.05) is 19.3 Å². The second-order valence-electron chi connectivity index (χ2n) is 17.7. The molecule has 0 heterocycles. The van der Waals surface area contributed by atoms with Crippen molar-refractivity contribution in [3.63, 3.8) is 0 Å². The predicted molar refractivity (Wildman–Crippen MR) is 279 cm³/mol. The Morgan fingerprint density at radius 3 is 1.29 bits per heavy atom. The number of unbranched alkanes of at least 4 members (excludes halogenated alkanes) is 20. The van der Waals surface area contributed by atoms with E-state index < -0.39 is 57.8 Å². The van der Waals surface area contributed by atoms with Gasteiger partial charge in [0.05, 0.1) is 19.8 Å². The minimum Gasteiger partial charge on any atom is -0.462 e. The maximum atomic E-state index is 12.8. The van der Waals surface area contributed by atoms with E-state index in [0.29, 0.717) is 19.3 Å². The highest BCUT2D eigenvalue weighted by atomic mass is 31.2. The first-order chi connectivity index (χ1) is 33.2. The number of esters is 3. The smallest absolute Gasteiger partial charge is 0.462 e. The number of hydrogen-bond acceptors (Lipinski definition) is 10. The number of rotatable bonds is 49. The number of hydrogen-bond donors (Lipinski definition) is 2. The highest BCUT2D eigenvalue weighted by molar-refractivity contribution is 7.47. The third-order valence-electron chi connectivity index (χ3n) is 11.1. The molecule has 0 spiro atoms. The van der Waals surface area contributed by atoms with Crippen LogP contribution in [-0.4, -0.2) is 66.5 Å². The van der Waals surface area contributed by atoms with Gasteiger partial charge in [-0.2, -0.15) is 0 Å². The monoisotopic (exact) mass is 977 g/mol. The standard InChI is InChI=1S/C56H97O11P/c1-4-7-10-13-16-19-22-25-26-29-30-33-36-39-42-45-54(58)63-49-53(67-56(60)47-44-41-38-35-32-28-24-21-18-15-12-9-6-3)51-65-68(61,62)64-50-52(48-57)66-55(59)46-43-40-37-34-31-27-23-20-17-14-11-8-5-2/h9,12,16,18-19,21,25-26,28,32,38,41,52-53,57H,4-8,10-11,13-15,17,20,22-24,27,29-31,33-37,39-40,42-51H2,1-3H3,(H,61,62)/b12-9-,19-16-,21-18-,26-25-,32-28-,41-38-. The minimum absolute atomic E-state index is 0.0424. The molecule has 0 aliphatic heterocycles. The molecule has 0 aliphatic rings. The quantitative estimate of drug-likeness (QED) is 0.0197. The lowest BCUT2D eigenvalue weighted by Crippen LogP contribution is -2.30. The van der Waals surface area contributed by atoms with Crippen molar-refractivity contribution in [2.75, 3.05) is 26.4 Å². The molecule has 0 saturated carbocycles. The van der Waals surface area contributed by atoms with E-state index >= 15 is 0 Å². The van der Waals surface area contributed by atoms with Crippen molar-refractivity contribution in [3.05, 3.63) is 72.9 Å². The van der Waals surface area contributed by atoms with Crippen LogP contribution in [0.25, 0.3) is 0 Å². The molecule has 11 nitrogen and oxygen atoms in total. The zero-order valence-electron chi connectivity index (χ0n) is 43.1. The van der Waals surface area contributed by atoms with Gasteiger partial charge in [-0.05, 0) is 77.0 Å². The second kappa shape index (κ2) is 50.3. The van der Waals surface area contributed by atoms with Gasteiger partial charge in [0.1, 0.15) is 12.7 Å². The molecule has 0 aromatic rings. The lowest BCUT2D eigenvalue weighted by Gasteiger charge is -2.21. The van der Waals surface area contributed by atoms with Crippen molar-refractivity contribution in [2.45, 2.75) is 238 Å². The van der Waals surface area contributed by atoms with Gasteiger partial charge in [0.25, 0.3) is 0 Å². The van der Waals surface area contributed by atoms with Crippen molar-refractivity contribution in [3.8, 4) is 0 Å². The fraction of sp³-hybridized carbons (Fsp3) is 0.732. The third kappa shape index (κ3) is 48.0. The van der Waals surface area contributed by atoms with Crippen LogP contribution in [0.1, 0.15) is 226 Å². The van der Waals surface area contributed by atoms with E-state index in [9.17, 15) is 28.9 Å². The summed E-state index contributed by atoms with van der Waals surface area (Å²) in [5.41, 5.74) is 0. The number of aliphatic hydroxyl groups excluding tert-OH is 1. The molecule has 0 aromatic carbocycles. The Kier molecular flexibility index (Phi) is 48.0. The normalized spacial score (nSPS) is 14.0. The van der Waals surface area contributed by atoms with Crippen LogP contribution in [0.15, 0.2) is 72.9 Å². The summed E-state index contributed by atoms with van der Waals surface area (Å²) in [5, 5.41) is 9.78. The Morgan fingerprint density at radius 1 is 0.426 bits per heavy atom. The number of ether oxygens (including phenoxy) is 3. The zero-order chi connectivity index (χ0) is 49.9. The van der Waals surface area contributed by atoms with Gasteiger partial charge in [0.2, 0.25) is 0 Å². The molecule has 2 N–H and O–H groups in total. The molecule has 3 atom stereocenters. The van der Waals surface area contributed by atoms with Gasteiger partial charge in [-0.15, -0.1) is 0 Å². The fourth-order valence-electron chi connectivity index (χ4n) is 7.05. The summed E-state index contributed by atoms with van der Waals surface area (Å²) in [6.07, 6.45) is 54.6. The van der Waals surface area contributed by atoms with Gasteiger partial charge in [0.15, 0.2) is 6.10 Å². The molecule has 12 heteroatoms. The molecule has 392 valence electrons.